The summed E-state index contributed by atoms with van der Waals surface area (Å²) < 4.78 is 0. The molecule has 4 heteroatoms. The smallest absolute Gasteiger partial charge is 0.239 e. The van der Waals surface area contributed by atoms with Gasteiger partial charge in [0.05, 0.1) is 0 Å². The molecule has 0 saturated carbocycles. The van der Waals surface area contributed by atoms with E-state index in [1.54, 1.807) is 0 Å². The van der Waals surface area contributed by atoms with E-state index in [9.17, 15) is 4.79 Å². The van der Waals surface area contributed by atoms with E-state index >= 15 is 0 Å². The maximum Gasteiger partial charge on any atom is 0.239 e. The first-order valence-corrected chi connectivity index (χ1v) is 6.86. The second-order valence-electron chi connectivity index (χ2n) is 4.58. The summed E-state index contributed by atoms with van der Waals surface area (Å²) in [5, 5.41) is 3.91. The molecule has 0 aliphatic heterocycles. The lowest BCUT2D eigenvalue weighted by molar-refractivity contribution is -0.120. The standard InChI is InChI=1S/C16H17ClN2O/c17-14-8-6-12(7-9-14)10-11-19-15(16(18)20)13-4-2-1-3-5-13/h1-9,15,19H,10-11H2,(H2,18,20). The third kappa shape index (κ3) is 4.08. The van der Waals surface area contributed by atoms with Crippen LogP contribution in [0.5, 0.6) is 0 Å². The predicted octanol–water partition coefficient (Wildman–Crippen LogP) is 2.70. The van der Waals surface area contributed by atoms with Gasteiger partial charge in [0.15, 0.2) is 0 Å². The van der Waals surface area contributed by atoms with Crippen molar-refractivity contribution < 1.29 is 4.79 Å². The van der Waals surface area contributed by atoms with Gasteiger partial charge in [0.25, 0.3) is 0 Å². The van der Waals surface area contributed by atoms with Crippen molar-refractivity contribution in [1.29, 1.82) is 0 Å². The minimum Gasteiger partial charge on any atom is -0.368 e. The Balaban J connectivity index is 1.93. The zero-order valence-electron chi connectivity index (χ0n) is 11.1. The van der Waals surface area contributed by atoms with Crippen LogP contribution >= 0.6 is 11.6 Å². The minimum atomic E-state index is -0.455. The van der Waals surface area contributed by atoms with E-state index in [0.29, 0.717) is 6.54 Å². The van der Waals surface area contributed by atoms with Crippen molar-refractivity contribution in [3.05, 3.63) is 70.7 Å². The Hall–Kier alpha value is -1.84. The number of carbonyl (C=O) groups excluding carboxylic acids is 1. The summed E-state index contributed by atoms with van der Waals surface area (Å²) in [5.74, 6) is -0.368. The Bertz CT molecular complexity index is 554. The first kappa shape index (κ1) is 14.6. The molecule has 1 atom stereocenters. The molecule has 2 aromatic rings. The Morgan fingerprint density at radius 2 is 1.75 bits per heavy atom. The fourth-order valence-corrected chi connectivity index (χ4v) is 2.17. The van der Waals surface area contributed by atoms with E-state index in [4.69, 9.17) is 17.3 Å². The SMILES string of the molecule is NC(=O)C(NCCc1ccc(Cl)cc1)c1ccccc1. The number of hydrogen-bond acceptors (Lipinski definition) is 2. The molecule has 3 nitrogen and oxygen atoms in total. The molecule has 0 heterocycles. The number of nitrogens with two attached hydrogens (primary N) is 1. The van der Waals surface area contributed by atoms with Crippen LogP contribution < -0.4 is 11.1 Å². The van der Waals surface area contributed by atoms with Gasteiger partial charge in [-0.15, -0.1) is 0 Å². The third-order valence-corrected chi connectivity index (χ3v) is 3.34. The lowest BCUT2D eigenvalue weighted by Crippen LogP contribution is -2.34. The molecule has 3 N–H and O–H groups in total. The monoisotopic (exact) mass is 288 g/mol. The molecular weight excluding hydrogens is 272 g/mol. The fraction of sp³-hybridized carbons (Fsp3) is 0.188. The first-order valence-electron chi connectivity index (χ1n) is 6.49. The molecule has 1 amide bonds. The summed E-state index contributed by atoms with van der Waals surface area (Å²) in [6, 6.07) is 16.7. The Kier molecular flexibility index (Phi) is 5.16. The fourth-order valence-electron chi connectivity index (χ4n) is 2.04. The van der Waals surface area contributed by atoms with Crippen molar-refractivity contribution in [3.8, 4) is 0 Å². The molecule has 2 aromatic carbocycles. The summed E-state index contributed by atoms with van der Waals surface area (Å²) in [5.41, 5.74) is 7.50. The van der Waals surface area contributed by atoms with Crippen molar-refractivity contribution in [2.45, 2.75) is 12.5 Å². The molecule has 0 aliphatic rings. The highest BCUT2D eigenvalue weighted by Crippen LogP contribution is 2.13. The average Bonchev–Trinajstić information content (AvgIpc) is 2.46. The maximum atomic E-state index is 11.5. The van der Waals surface area contributed by atoms with Gasteiger partial charge in [0.1, 0.15) is 6.04 Å². The summed E-state index contributed by atoms with van der Waals surface area (Å²) in [6.07, 6.45) is 0.813. The van der Waals surface area contributed by atoms with Gasteiger partial charge in [-0.2, -0.15) is 0 Å². The average molecular weight is 289 g/mol. The number of amides is 1. The molecule has 1 unspecified atom stereocenters. The van der Waals surface area contributed by atoms with Gasteiger partial charge in [-0.1, -0.05) is 54.1 Å². The largest absolute Gasteiger partial charge is 0.368 e. The quantitative estimate of drug-likeness (QED) is 0.859. The zero-order valence-corrected chi connectivity index (χ0v) is 11.8. The van der Waals surface area contributed by atoms with E-state index in [1.165, 1.54) is 0 Å². The van der Waals surface area contributed by atoms with Crippen LogP contribution in [0.3, 0.4) is 0 Å². The van der Waals surface area contributed by atoms with Crippen LogP contribution in [0.4, 0.5) is 0 Å². The molecule has 104 valence electrons. The van der Waals surface area contributed by atoms with Crippen LogP contribution in [-0.2, 0) is 11.2 Å². The van der Waals surface area contributed by atoms with Crippen LogP contribution in [0.1, 0.15) is 17.2 Å². The normalized spacial score (nSPS) is 12.1. The summed E-state index contributed by atoms with van der Waals surface area (Å²) in [7, 11) is 0. The highest BCUT2D eigenvalue weighted by molar-refractivity contribution is 6.30. The number of rotatable bonds is 6. The van der Waals surface area contributed by atoms with E-state index < -0.39 is 6.04 Å². The Labute approximate surface area is 123 Å². The van der Waals surface area contributed by atoms with Crippen LogP contribution in [-0.4, -0.2) is 12.5 Å². The van der Waals surface area contributed by atoms with E-state index in [-0.39, 0.29) is 5.91 Å². The molecular formula is C16H17ClN2O. The number of benzene rings is 2. The zero-order chi connectivity index (χ0) is 14.4. The van der Waals surface area contributed by atoms with Crippen molar-refractivity contribution in [2.75, 3.05) is 6.54 Å². The third-order valence-electron chi connectivity index (χ3n) is 3.09. The highest BCUT2D eigenvalue weighted by Gasteiger charge is 2.16. The van der Waals surface area contributed by atoms with Crippen LogP contribution in [0, 0.1) is 0 Å². The van der Waals surface area contributed by atoms with Crippen LogP contribution in [0.2, 0.25) is 5.02 Å². The molecule has 0 aliphatic carbocycles. The van der Waals surface area contributed by atoms with Crippen molar-refractivity contribution in [1.82, 2.24) is 5.32 Å². The number of primary amides is 1. The Morgan fingerprint density at radius 3 is 2.35 bits per heavy atom. The maximum absolute atomic E-state index is 11.5. The van der Waals surface area contributed by atoms with Gasteiger partial charge < -0.3 is 11.1 Å². The molecule has 0 radical (unpaired) electrons. The lowest BCUT2D eigenvalue weighted by Gasteiger charge is -2.15. The lowest BCUT2D eigenvalue weighted by atomic mass is 10.1. The predicted molar refractivity (Wildman–Crippen MR) is 81.5 cm³/mol. The molecule has 2 rings (SSSR count). The van der Waals surface area contributed by atoms with Gasteiger partial charge in [-0.25, -0.2) is 0 Å². The second-order valence-corrected chi connectivity index (χ2v) is 5.01. The van der Waals surface area contributed by atoms with E-state index in [2.05, 4.69) is 5.32 Å². The minimum absolute atomic E-state index is 0.368. The van der Waals surface area contributed by atoms with E-state index in [1.807, 2.05) is 54.6 Å². The first-order chi connectivity index (χ1) is 9.66. The number of hydrogen-bond donors (Lipinski definition) is 2. The summed E-state index contributed by atoms with van der Waals surface area (Å²) >= 11 is 5.84. The summed E-state index contributed by atoms with van der Waals surface area (Å²) in [6.45, 7) is 0.671. The number of halogens is 1. The van der Waals surface area contributed by atoms with Gasteiger partial charge in [0.2, 0.25) is 5.91 Å². The molecule has 0 spiro atoms. The second kappa shape index (κ2) is 7.08. The molecule has 0 aromatic heterocycles. The van der Waals surface area contributed by atoms with Crippen molar-refractivity contribution >= 4 is 17.5 Å². The molecule has 0 fully saturated rings. The number of nitrogens with one attached hydrogen (secondary N) is 1. The number of carbonyl (C=O) groups is 1. The van der Waals surface area contributed by atoms with Gasteiger partial charge in [-0.05, 0) is 29.7 Å². The topological polar surface area (TPSA) is 55.1 Å². The summed E-state index contributed by atoms with van der Waals surface area (Å²) in [4.78, 5) is 11.5. The van der Waals surface area contributed by atoms with Crippen LogP contribution in [0.15, 0.2) is 54.6 Å². The van der Waals surface area contributed by atoms with Crippen molar-refractivity contribution in [3.63, 3.8) is 0 Å². The van der Waals surface area contributed by atoms with Crippen molar-refractivity contribution in [2.24, 2.45) is 5.73 Å². The van der Waals surface area contributed by atoms with Crippen LogP contribution in [0.25, 0.3) is 0 Å². The molecule has 0 bridgehead atoms. The Morgan fingerprint density at radius 1 is 1.10 bits per heavy atom. The highest BCUT2D eigenvalue weighted by atomic mass is 35.5. The van der Waals surface area contributed by atoms with Gasteiger partial charge in [-0.3, -0.25) is 4.79 Å². The molecule has 20 heavy (non-hydrogen) atoms. The van der Waals surface area contributed by atoms with Gasteiger partial charge in [0, 0.05) is 11.6 Å². The van der Waals surface area contributed by atoms with E-state index in [0.717, 1.165) is 22.6 Å². The van der Waals surface area contributed by atoms with Gasteiger partial charge >= 0.3 is 0 Å². The molecule has 0 saturated heterocycles.